The predicted molar refractivity (Wildman–Crippen MR) is 122 cm³/mol. The lowest BCUT2D eigenvalue weighted by atomic mass is 9.44. The summed E-state index contributed by atoms with van der Waals surface area (Å²) >= 11 is 0. The van der Waals surface area contributed by atoms with E-state index in [-0.39, 0.29) is 34.8 Å². The van der Waals surface area contributed by atoms with Crippen LogP contribution in [-0.4, -0.2) is 37.5 Å². The van der Waals surface area contributed by atoms with Crippen LogP contribution < -0.4 is 10.1 Å². The second-order valence-corrected chi connectivity index (χ2v) is 11.2. The average Bonchev–Trinajstić information content (AvgIpc) is 3.06. The topological polar surface area (TPSA) is 81.9 Å². The van der Waals surface area contributed by atoms with Gasteiger partial charge < -0.3 is 10.1 Å². The first-order chi connectivity index (χ1) is 16.3. The molecule has 8 heteroatoms. The molecule has 34 heavy (non-hydrogen) atoms. The molecule has 5 atom stereocenters. The number of hydrogen-bond acceptors (Lipinski definition) is 5. The molecule has 176 valence electrons. The number of halogens is 1. The van der Waals surface area contributed by atoms with Gasteiger partial charge in [-0.05, 0) is 81.0 Å². The molecular weight excluding hydrogens is 433 g/mol. The number of nitrogens with one attached hydrogen (secondary N) is 1. The third kappa shape index (κ3) is 2.93. The minimum absolute atomic E-state index is 0.0189. The highest BCUT2D eigenvalue weighted by atomic mass is 19.1. The normalized spacial score (nSPS) is 35.7. The zero-order valence-corrected chi connectivity index (χ0v) is 19.4. The Kier molecular flexibility index (Phi) is 4.05. The Balaban J connectivity index is 0.941. The van der Waals surface area contributed by atoms with E-state index < -0.39 is 0 Å². The molecule has 0 saturated heterocycles. The van der Waals surface area contributed by atoms with Gasteiger partial charge in [-0.1, -0.05) is 12.1 Å². The number of pyridine rings is 1. The summed E-state index contributed by atoms with van der Waals surface area (Å²) in [7, 11) is 0. The molecule has 2 heterocycles. The third-order valence-corrected chi connectivity index (χ3v) is 8.90. The number of aryl methyl sites for hydroxylation is 1. The zero-order valence-electron chi connectivity index (χ0n) is 19.4. The van der Waals surface area contributed by atoms with Crippen LogP contribution in [-0.2, 0) is 10.3 Å². The highest BCUT2D eigenvalue weighted by Crippen LogP contribution is 2.66. The minimum Gasteiger partial charge on any atom is -0.490 e. The Bertz CT molecular complexity index is 1290. The Morgan fingerprint density at radius 3 is 2.71 bits per heavy atom. The molecule has 5 saturated carbocycles. The number of aromatic nitrogens is 4. The summed E-state index contributed by atoms with van der Waals surface area (Å²) in [6.07, 6.45) is 8.58. The smallest absolute Gasteiger partial charge is 0.223 e. The summed E-state index contributed by atoms with van der Waals surface area (Å²) in [5.41, 5.74) is 1.69. The van der Waals surface area contributed by atoms with Crippen molar-refractivity contribution in [3.8, 4) is 5.75 Å². The van der Waals surface area contributed by atoms with E-state index in [0.29, 0.717) is 28.9 Å². The quantitative estimate of drug-likeness (QED) is 0.605. The molecule has 0 aliphatic heterocycles. The van der Waals surface area contributed by atoms with E-state index in [4.69, 9.17) is 4.74 Å². The molecule has 8 rings (SSSR count). The Morgan fingerprint density at radius 2 is 2.00 bits per heavy atom. The van der Waals surface area contributed by atoms with E-state index in [0.717, 1.165) is 43.3 Å². The fraction of sp³-hybridized carbons (Fsp3) is 0.538. The summed E-state index contributed by atoms with van der Waals surface area (Å²) in [4.78, 5) is 17.4. The number of carbonyl (C=O) groups excluding carboxylic acids is 1. The Hall–Kier alpha value is -3.03. The molecule has 5 aliphatic carbocycles. The first kappa shape index (κ1) is 20.4. The SMILES string of the molecule is Cc1cn(C23CC(NC(=O)C(C)C4[C@H]5CC(Oc6ccnc7ccc(F)cc67)C[C@@H]45)(C2)C3)nn1. The fourth-order valence-electron chi connectivity index (χ4n) is 7.29. The monoisotopic (exact) mass is 461 g/mol. The summed E-state index contributed by atoms with van der Waals surface area (Å²) in [6, 6.07) is 6.40. The first-order valence-corrected chi connectivity index (χ1v) is 12.3. The van der Waals surface area contributed by atoms with Gasteiger partial charge in [0.25, 0.3) is 0 Å². The van der Waals surface area contributed by atoms with Gasteiger partial charge in [-0.3, -0.25) is 9.78 Å². The fourth-order valence-corrected chi connectivity index (χ4v) is 7.29. The molecule has 5 fully saturated rings. The molecule has 0 spiro atoms. The predicted octanol–water partition coefficient (Wildman–Crippen LogP) is 3.76. The van der Waals surface area contributed by atoms with Gasteiger partial charge in [0, 0.05) is 29.2 Å². The summed E-state index contributed by atoms with van der Waals surface area (Å²) in [6.45, 7) is 4.03. The Labute approximate surface area is 197 Å². The minimum atomic E-state index is -0.287. The van der Waals surface area contributed by atoms with Gasteiger partial charge >= 0.3 is 0 Å². The van der Waals surface area contributed by atoms with Crippen molar-refractivity contribution in [2.45, 2.75) is 63.1 Å². The van der Waals surface area contributed by atoms with Gasteiger partial charge in [0.2, 0.25) is 5.91 Å². The molecule has 3 aromatic rings. The summed E-state index contributed by atoms with van der Waals surface area (Å²) in [5.74, 6) is 2.12. The second-order valence-electron chi connectivity index (χ2n) is 11.2. The maximum atomic E-state index is 13.7. The van der Waals surface area contributed by atoms with Crippen molar-refractivity contribution in [2.75, 3.05) is 0 Å². The number of fused-ring (bicyclic) bond motifs is 2. The first-order valence-electron chi connectivity index (χ1n) is 12.3. The third-order valence-electron chi connectivity index (χ3n) is 8.90. The molecule has 5 aliphatic rings. The maximum absolute atomic E-state index is 13.7. The van der Waals surface area contributed by atoms with Gasteiger partial charge in [0.05, 0.1) is 22.9 Å². The van der Waals surface area contributed by atoms with Crippen LogP contribution in [0.4, 0.5) is 4.39 Å². The van der Waals surface area contributed by atoms with Crippen LogP contribution >= 0.6 is 0 Å². The summed E-state index contributed by atoms with van der Waals surface area (Å²) < 4.78 is 22.0. The second kappa shape index (κ2) is 6.77. The molecule has 3 unspecified atom stereocenters. The lowest BCUT2D eigenvalue weighted by Crippen LogP contribution is -2.79. The van der Waals surface area contributed by atoms with Crippen molar-refractivity contribution < 1.29 is 13.9 Å². The van der Waals surface area contributed by atoms with Crippen molar-refractivity contribution >= 4 is 16.8 Å². The summed E-state index contributed by atoms with van der Waals surface area (Å²) in [5, 5.41) is 12.4. The van der Waals surface area contributed by atoms with Gasteiger partial charge in [-0.2, -0.15) is 0 Å². The Morgan fingerprint density at radius 1 is 1.24 bits per heavy atom. The van der Waals surface area contributed by atoms with E-state index in [1.54, 1.807) is 12.3 Å². The van der Waals surface area contributed by atoms with E-state index >= 15 is 0 Å². The van der Waals surface area contributed by atoms with Crippen LogP contribution in [0, 0.1) is 36.4 Å². The maximum Gasteiger partial charge on any atom is 0.223 e. The van der Waals surface area contributed by atoms with Crippen molar-refractivity contribution in [3.05, 3.63) is 48.2 Å². The van der Waals surface area contributed by atoms with Gasteiger partial charge in [0.15, 0.2) is 0 Å². The molecule has 7 nitrogen and oxygen atoms in total. The largest absolute Gasteiger partial charge is 0.490 e. The van der Waals surface area contributed by atoms with Gasteiger partial charge in [0.1, 0.15) is 11.6 Å². The molecule has 0 radical (unpaired) electrons. The number of hydrogen-bond donors (Lipinski definition) is 1. The number of amides is 1. The molecule has 1 aromatic carbocycles. The van der Waals surface area contributed by atoms with Crippen molar-refractivity contribution in [1.29, 1.82) is 0 Å². The van der Waals surface area contributed by atoms with E-state index in [1.165, 1.54) is 12.1 Å². The number of rotatable bonds is 6. The van der Waals surface area contributed by atoms with Crippen LogP contribution in [0.2, 0.25) is 0 Å². The van der Waals surface area contributed by atoms with Crippen LogP contribution in [0.3, 0.4) is 0 Å². The zero-order chi connectivity index (χ0) is 23.2. The number of ether oxygens (including phenoxy) is 1. The van der Waals surface area contributed by atoms with Crippen LogP contribution in [0.5, 0.6) is 5.75 Å². The van der Waals surface area contributed by atoms with E-state index in [2.05, 4.69) is 27.5 Å². The molecule has 1 amide bonds. The number of benzene rings is 1. The molecule has 2 aromatic heterocycles. The van der Waals surface area contributed by atoms with E-state index in [9.17, 15) is 9.18 Å². The lowest BCUT2D eigenvalue weighted by molar-refractivity contribution is -0.162. The van der Waals surface area contributed by atoms with Crippen molar-refractivity contribution in [3.63, 3.8) is 0 Å². The highest BCUT2D eigenvalue weighted by molar-refractivity contribution is 5.84. The highest BCUT2D eigenvalue weighted by Gasteiger charge is 2.71. The van der Waals surface area contributed by atoms with Crippen molar-refractivity contribution in [1.82, 2.24) is 25.3 Å². The number of carbonyl (C=O) groups is 1. The molecule has 1 N–H and O–H groups in total. The number of nitrogens with zero attached hydrogens (tertiary/aromatic N) is 4. The van der Waals surface area contributed by atoms with Gasteiger partial charge in [-0.25, -0.2) is 9.07 Å². The van der Waals surface area contributed by atoms with E-state index in [1.807, 2.05) is 23.9 Å². The standard InChI is InChI=1S/C26H28FN5O2/c1-14-10-32(31-30-14)26-11-25(12-26,13-26)29-24(33)15(2)23-18-8-17(9-19(18)23)34-22-5-6-28-21-4-3-16(27)7-20(21)22/h3-7,10,15,17-19,23H,8-9,11-13H2,1-2H3,(H,29,33)/t15?,17?,18-,19+,23?,25?,26?. The lowest BCUT2D eigenvalue weighted by Gasteiger charge is -2.69. The van der Waals surface area contributed by atoms with Crippen LogP contribution in [0.25, 0.3) is 10.9 Å². The van der Waals surface area contributed by atoms with Crippen LogP contribution in [0.15, 0.2) is 36.7 Å². The average molecular weight is 462 g/mol. The van der Waals surface area contributed by atoms with Crippen LogP contribution in [0.1, 0.15) is 44.7 Å². The molecule has 2 bridgehead atoms. The van der Waals surface area contributed by atoms with Crippen molar-refractivity contribution in [2.24, 2.45) is 23.7 Å². The molecular formula is C26H28FN5O2. The van der Waals surface area contributed by atoms with Gasteiger partial charge in [-0.15, -0.1) is 5.10 Å².